The number of nitrogens with zero attached hydrogens (tertiary/aromatic N) is 1. The molecule has 0 aliphatic heterocycles. The summed E-state index contributed by atoms with van der Waals surface area (Å²) in [6.45, 7) is 8.45. The smallest absolute Gasteiger partial charge is 0.310 e. The molecule has 0 spiro atoms. The van der Waals surface area contributed by atoms with E-state index in [1.165, 1.54) is 6.07 Å². The number of carbonyl (C=O) groups is 3. The normalized spacial score (nSPS) is 11.1. The fourth-order valence-corrected chi connectivity index (χ4v) is 3.10. The summed E-state index contributed by atoms with van der Waals surface area (Å²) >= 11 is 6.21. The van der Waals surface area contributed by atoms with E-state index in [9.17, 15) is 19.5 Å². The van der Waals surface area contributed by atoms with Crippen molar-refractivity contribution < 1.29 is 19.5 Å². The molecule has 0 aliphatic carbocycles. The van der Waals surface area contributed by atoms with Gasteiger partial charge >= 0.3 is 5.97 Å². The van der Waals surface area contributed by atoms with Crippen molar-refractivity contribution in [3.63, 3.8) is 0 Å². The Balaban J connectivity index is 2.92. The number of hydrogen-bond acceptors (Lipinski definition) is 3. The van der Waals surface area contributed by atoms with Crippen LogP contribution in [-0.2, 0) is 9.59 Å². The number of halogens is 1. The molecule has 6 nitrogen and oxygen atoms in total. The van der Waals surface area contributed by atoms with Crippen LogP contribution in [0.5, 0.6) is 0 Å². The van der Waals surface area contributed by atoms with Crippen LogP contribution >= 0.6 is 11.6 Å². The minimum absolute atomic E-state index is 0.118. The third-order valence-electron chi connectivity index (χ3n) is 4.84. The van der Waals surface area contributed by atoms with E-state index in [1.54, 1.807) is 30.9 Å². The van der Waals surface area contributed by atoms with Gasteiger partial charge in [-0.25, -0.2) is 0 Å². The summed E-state index contributed by atoms with van der Waals surface area (Å²) in [7, 11) is 0. The fourth-order valence-electron chi connectivity index (χ4n) is 2.84. The first-order valence-corrected chi connectivity index (χ1v) is 9.24. The number of carbonyl (C=O) groups excluding carboxylic acids is 2. The molecule has 1 aromatic carbocycles. The highest BCUT2D eigenvalue weighted by Gasteiger charge is 2.37. The molecule has 1 aromatic rings. The Kier molecular flexibility index (Phi) is 8.08. The zero-order valence-corrected chi connectivity index (χ0v) is 16.5. The molecule has 0 aromatic heterocycles. The highest BCUT2D eigenvalue weighted by molar-refractivity contribution is 6.34. The van der Waals surface area contributed by atoms with Crippen molar-refractivity contribution in [3.05, 3.63) is 28.8 Å². The van der Waals surface area contributed by atoms with Crippen molar-refractivity contribution in [3.8, 4) is 0 Å². The molecule has 144 valence electrons. The van der Waals surface area contributed by atoms with Crippen molar-refractivity contribution in [2.75, 3.05) is 18.4 Å². The lowest BCUT2D eigenvalue weighted by atomic mass is 9.79. The average Bonchev–Trinajstić information content (AvgIpc) is 2.60. The molecule has 0 saturated carbocycles. The molecule has 0 aliphatic rings. The number of amides is 2. The highest BCUT2D eigenvalue weighted by Crippen LogP contribution is 2.31. The summed E-state index contributed by atoms with van der Waals surface area (Å²) in [6.07, 6.45) is 0.613. The molecule has 0 atom stereocenters. The van der Waals surface area contributed by atoms with Crippen LogP contribution in [0.4, 0.5) is 5.69 Å². The number of carboxylic acids is 1. The predicted molar refractivity (Wildman–Crippen MR) is 103 cm³/mol. The largest absolute Gasteiger partial charge is 0.481 e. The van der Waals surface area contributed by atoms with E-state index in [4.69, 9.17) is 11.6 Å². The molecule has 1 rings (SSSR count). The number of anilines is 1. The Morgan fingerprint density at radius 1 is 1.12 bits per heavy atom. The Bertz CT molecular complexity index is 668. The van der Waals surface area contributed by atoms with Crippen molar-refractivity contribution >= 4 is 35.1 Å². The minimum Gasteiger partial charge on any atom is -0.481 e. The van der Waals surface area contributed by atoms with Crippen molar-refractivity contribution in [2.45, 2.75) is 47.0 Å². The number of rotatable bonds is 9. The molecule has 0 unspecified atom stereocenters. The topological polar surface area (TPSA) is 86.7 Å². The highest BCUT2D eigenvalue weighted by atomic mass is 35.5. The molecule has 26 heavy (non-hydrogen) atoms. The first-order chi connectivity index (χ1) is 12.2. The van der Waals surface area contributed by atoms with E-state index in [2.05, 4.69) is 5.32 Å². The van der Waals surface area contributed by atoms with Crippen LogP contribution in [0.1, 0.15) is 57.3 Å². The SMILES string of the molecule is CCN(CC)C(=O)c1ccc(NC(=O)CC(CC)(CC)C(=O)O)cc1Cl. The zero-order chi connectivity index (χ0) is 19.9. The van der Waals surface area contributed by atoms with Gasteiger partial charge in [0.2, 0.25) is 5.91 Å². The minimum atomic E-state index is -1.08. The number of carboxylic acid groups (broad SMARTS) is 1. The maximum Gasteiger partial charge on any atom is 0.310 e. The number of nitrogens with one attached hydrogen (secondary N) is 1. The van der Waals surface area contributed by atoms with Gasteiger partial charge in [-0.15, -0.1) is 0 Å². The van der Waals surface area contributed by atoms with E-state index in [1.807, 2.05) is 13.8 Å². The Morgan fingerprint density at radius 2 is 1.69 bits per heavy atom. The molecular formula is C19H27ClN2O4. The van der Waals surface area contributed by atoms with Crippen molar-refractivity contribution in [1.82, 2.24) is 4.90 Å². The maximum absolute atomic E-state index is 12.4. The zero-order valence-electron chi connectivity index (χ0n) is 15.8. The van der Waals surface area contributed by atoms with Crippen LogP contribution in [0.25, 0.3) is 0 Å². The van der Waals surface area contributed by atoms with Gasteiger partial charge in [0.25, 0.3) is 5.91 Å². The quantitative estimate of drug-likeness (QED) is 0.674. The van der Waals surface area contributed by atoms with Crippen LogP contribution < -0.4 is 5.32 Å². The molecule has 7 heteroatoms. The van der Waals surface area contributed by atoms with Gasteiger partial charge < -0.3 is 15.3 Å². The lowest BCUT2D eigenvalue weighted by Crippen LogP contribution is -2.34. The van der Waals surface area contributed by atoms with Gasteiger partial charge in [0, 0.05) is 25.2 Å². The lowest BCUT2D eigenvalue weighted by molar-refractivity contribution is -0.151. The van der Waals surface area contributed by atoms with Crippen LogP contribution in [0, 0.1) is 5.41 Å². The summed E-state index contributed by atoms with van der Waals surface area (Å²) in [6, 6.07) is 4.68. The second kappa shape index (κ2) is 9.57. The molecule has 0 fully saturated rings. The molecule has 0 saturated heterocycles. The first-order valence-electron chi connectivity index (χ1n) is 8.86. The van der Waals surface area contributed by atoms with Crippen LogP contribution in [-0.4, -0.2) is 40.9 Å². The van der Waals surface area contributed by atoms with Crippen molar-refractivity contribution in [2.24, 2.45) is 5.41 Å². The molecule has 0 bridgehead atoms. The third-order valence-corrected chi connectivity index (χ3v) is 5.15. The predicted octanol–water partition coefficient (Wildman–Crippen LogP) is 4.04. The second-order valence-electron chi connectivity index (χ2n) is 6.19. The summed E-state index contributed by atoms with van der Waals surface area (Å²) in [5.41, 5.74) is -0.273. The molecule has 0 radical (unpaired) electrons. The van der Waals surface area contributed by atoms with Crippen LogP contribution in [0.3, 0.4) is 0 Å². The van der Waals surface area contributed by atoms with Gasteiger partial charge in [0.15, 0.2) is 0 Å². The average molecular weight is 383 g/mol. The number of aliphatic carboxylic acids is 1. The second-order valence-corrected chi connectivity index (χ2v) is 6.60. The Labute approximate surface area is 159 Å². The van der Waals surface area contributed by atoms with Crippen molar-refractivity contribution in [1.29, 1.82) is 0 Å². The van der Waals surface area contributed by atoms with Gasteiger partial charge in [-0.3, -0.25) is 14.4 Å². The maximum atomic E-state index is 12.4. The standard InChI is InChI=1S/C19H27ClN2O4/c1-5-19(6-2,18(25)26)12-16(23)21-13-9-10-14(15(20)11-13)17(24)22(7-3)8-4/h9-11H,5-8,12H2,1-4H3,(H,21,23)(H,25,26). The number of hydrogen-bond donors (Lipinski definition) is 2. The summed E-state index contributed by atoms with van der Waals surface area (Å²) in [5, 5.41) is 12.4. The summed E-state index contributed by atoms with van der Waals surface area (Å²) < 4.78 is 0. The molecule has 0 heterocycles. The van der Waals surface area contributed by atoms with Crippen LogP contribution in [0.15, 0.2) is 18.2 Å². The summed E-state index contributed by atoms with van der Waals surface area (Å²) in [5.74, 6) is -1.54. The first kappa shape index (κ1) is 22.0. The van der Waals surface area contributed by atoms with Gasteiger partial charge in [-0.2, -0.15) is 0 Å². The van der Waals surface area contributed by atoms with Crippen LogP contribution in [0.2, 0.25) is 5.02 Å². The van der Waals surface area contributed by atoms with Gasteiger partial charge in [-0.1, -0.05) is 25.4 Å². The van der Waals surface area contributed by atoms with E-state index < -0.39 is 17.3 Å². The Morgan fingerprint density at radius 3 is 2.12 bits per heavy atom. The molecular weight excluding hydrogens is 356 g/mol. The van der Waals surface area contributed by atoms with Gasteiger partial charge in [0.05, 0.1) is 16.0 Å². The van der Waals surface area contributed by atoms with E-state index in [0.29, 0.717) is 37.2 Å². The van der Waals surface area contributed by atoms with E-state index >= 15 is 0 Å². The molecule has 2 N–H and O–H groups in total. The Hall–Kier alpha value is -2.08. The van der Waals surface area contributed by atoms with E-state index in [0.717, 1.165) is 0 Å². The monoisotopic (exact) mass is 382 g/mol. The fraction of sp³-hybridized carbons (Fsp3) is 0.526. The van der Waals surface area contributed by atoms with Gasteiger partial charge in [-0.05, 0) is 44.9 Å². The summed E-state index contributed by atoms with van der Waals surface area (Å²) in [4.78, 5) is 37.9. The van der Waals surface area contributed by atoms with E-state index in [-0.39, 0.29) is 17.4 Å². The molecule has 2 amide bonds. The third kappa shape index (κ3) is 4.97. The number of benzene rings is 1. The van der Waals surface area contributed by atoms with Gasteiger partial charge in [0.1, 0.15) is 0 Å². The lowest BCUT2D eigenvalue weighted by Gasteiger charge is -2.25.